The summed E-state index contributed by atoms with van der Waals surface area (Å²) >= 11 is 0. The number of sulfone groups is 1. The Labute approximate surface area is 300 Å². The third-order valence-corrected chi connectivity index (χ3v) is 11.7. The zero-order valence-corrected chi connectivity index (χ0v) is 32.7. The SMILES string of the molecule is CCC(C)C(C(CC(=O)N1CCCC1C(CC(=O)NCCc1ccccc1)S(C)(=O)=O)OC)N(C)C(=O)C(NC(=O)C(NC)C(C)C)C(C)C. The summed E-state index contributed by atoms with van der Waals surface area (Å²) in [6.45, 7) is 12.4. The smallest absolute Gasteiger partial charge is 0.245 e. The van der Waals surface area contributed by atoms with Crippen LogP contribution < -0.4 is 16.0 Å². The van der Waals surface area contributed by atoms with E-state index in [1.807, 2.05) is 71.9 Å². The van der Waals surface area contributed by atoms with Crippen molar-refractivity contribution in [2.45, 2.75) is 116 Å². The molecule has 0 aromatic heterocycles. The second-order valence-electron chi connectivity index (χ2n) is 14.5. The topological polar surface area (TPSA) is 154 Å². The van der Waals surface area contributed by atoms with Gasteiger partial charge < -0.3 is 30.5 Å². The van der Waals surface area contributed by atoms with Gasteiger partial charge in [-0.05, 0) is 49.6 Å². The first-order valence-corrected chi connectivity index (χ1v) is 20.0. The van der Waals surface area contributed by atoms with Crippen LogP contribution in [0.2, 0.25) is 0 Å². The monoisotopic (exact) mass is 721 g/mol. The van der Waals surface area contributed by atoms with Crippen LogP contribution in [0.1, 0.15) is 79.2 Å². The van der Waals surface area contributed by atoms with Crippen LogP contribution in [0.15, 0.2) is 30.3 Å². The van der Waals surface area contributed by atoms with E-state index in [9.17, 15) is 27.6 Å². The van der Waals surface area contributed by atoms with Gasteiger partial charge in [-0.1, -0.05) is 78.3 Å². The molecule has 0 saturated carbocycles. The van der Waals surface area contributed by atoms with Gasteiger partial charge in [0.1, 0.15) is 6.04 Å². The van der Waals surface area contributed by atoms with Crippen molar-refractivity contribution in [2.24, 2.45) is 17.8 Å². The molecule has 7 unspecified atom stereocenters. The summed E-state index contributed by atoms with van der Waals surface area (Å²) < 4.78 is 32.1. The minimum absolute atomic E-state index is 0.0168. The van der Waals surface area contributed by atoms with Gasteiger partial charge in [0, 0.05) is 46.0 Å². The first kappa shape index (κ1) is 43.1. The fourth-order valence-electron chi connectivity index (χ4n) is 7.07. The Morgan fingerprint density at radius 2 is 1.62 bits per heavy atom. The van der Waals surface area contributed by atoms with Gasteiger partial charge in [0.25, 0.3) is 0 Å². The molecule has 2 rings (SSSR count). The number of methoxy groups -OCH3 is 1. The molecular formula is C37H63N5O7S. The molecule has 7 atom stereocenters. The predicted molar refractivity (Wildman–Crippen MR) is 197 cm³/mol. The van der Waals surface area contributed by atoms with E-state index in [2.05, 4.69) is 16.0 Å². The van der Waals surface area contributed by atoms with Crippen molar-refractivity contribution in [3.8, 4) is 0 Å². The van der Waals surface area contributed by atoms with Crippen molar-refractivity contribution in [3.63, 3.8) is 0 Å². The Kier molecular flexibility index (Phi) is 17.4. The molecule has 284 valence electrons. The van der Waals surface area contributed by atoms with Crippen LogP contribution in [0.3, 0.4) is 0 Å². The Bertz CT molecular complexity index is 1360. The highest BCUT2D eigenvalue weighted by molar-refractivity contribution is 7.91. The first-order valence-electron chi connectivity index (χ1n) is 18.0. The van der Waals surface area contributed by atoms with E-state index in [4.69, 9.17) is 4.74 Å². The summed E-state index contributed by atoms with van der Waals surface area (Å²) in [4.78, 5) is 57.4. The fourth-order valence-corrected chi connectivity index (χ4v) is 8.38. The summed E-state index contributed by atoms with van der Waals surface area (Å²) in [5.41, 5.74) is 1.06. The van der Waals surface area contributed by atoms with Crippen LogP contribution in [0.25, 0.3) is 0 Å². The van der Waals surface area contributed by atoms with Crippen LogP contribution in [0.5, 0.6) is 0 Å². The lowest BCUT2D eigenvalue weighted by Gasteiger charge is -2.40. The average Bonchev–Trinajstić information content (AvgIpc) is 3.54. The molecule has 1 fully saturated rings. The summed E-state index contributed by atoms with van der Waals surface area (Å²) in [6.07, 6.45) is 2.51. The number of likely N-dealkylation sites (N-methyl/N-ethyl adjacent to an activating group) is 2. The second kappa shape index (κ2) is 20.1. The van der Waals surface area contributed by atoms with Gasteiger partial charge in [-0.2, -0.15) is 0 Å². The largest absolute Gasteiger partial charge is 0.379 e. The highest BCUT2D eigenvalue weighted by Gasteiger charge is 2.43. The Balaban J connectivity index is 2.25. The van der Waals surface area contributed by atoms with Crippen molar-refractivity contribution < 1.29 is 32.3 Å². The number of nitrogens with one attached hydrogen (secondary N) is 3. The normalized spacial score (nSPS) is 18.6. The number of rotatable bonds is 20. The number of hydrogen-bond donors (Lipinski definition) is 3. The van der Waals surface area contributed by atoms with E-state index in [0.29, 0.717) is 38.8 Å². The molecule has 3 N–H and O–H groups in total. The molecule has 50 heavy (non-hydrogen) atoms. The lowest BCUT2D eigenvalue weighted by atomic mass is 9.89. The van der Waals surface area contributed by atoms with Gasteiger partial charge in [0.15, 0.2) is 9.84 Å². The van der Waals surface area contributed by atoms with Gasteiger partial charge >= 0.3 is 0 Å². The van der Waals surface area contributed by atoms with E-state index in [1.54, 1.807) is 23.9 Å². The number of nitrogens with zero attached hydrogens (tertiary/aromatic N) is 2. The lowest BCUT2D eigenvalue weighted by molar-refractivity contribution is -0.146. The number of amides is 4. The van der Waals surface area contributed by atoms with E-state index in [1.165, 1.54) is 7.11 Å². The third kappa shape index (κ3) is 12.0. The minimum Gasteiger partial charge on any atom is -0.379 e. The molecule has 4 amide bonds. The highest BCUT2D eigenvalue weighted by Crippen LogP contribution is 2.29. The molecule has 1 aromatic carbocycles. The standard InChI is InChI=1S/C37H63N5O7S/c1-11-26(6)35(41(8)37(46)34(25(4)5)40-36(45)33(38-7)24(2)3)29(49-9)22-32(44)42-21-15-18-28(42)30(50(10,47)48)23-31(43)39-20-19-27-16-13-12-14-17-27/h12-14,16-17,24-26,28-30,33-35,38H,11,15,18-23H2,1-10H3,(H,39,43)(H,40,45). The summed E-state index contributed by atoms with van der Waals surface area (Å²) in [5.74, 6) is -1.44. The summed E-state index contributed by atoms with van der Waals surface area (Å²) in [6, 6.07) is 7.28. The van der Waals surface area contributed by atoms with Crippen molar-refractivity contribution in [1.82, 2.24) is 25.8 Å². The Morgan fingerprint density at radius 1 is 1.00 bits per heavy atom. The lowest BCUT2D eigenvalue weighted by Crippen LogP contribution is -2.59. The first-order chi connectivity index (χ1) is 23.5. The summed E-state index contributed by atoms with van der Waals surface area (Å²) in [5, 5.41) is 7.78. The van der Waals surface area contributed by atoms with E-state index < -0.39 is 45.4 Å². The molecule has 1 saturated heterocycles. The van der Waals surface area contributed by atoms with Gasteiger partial charge in [0.2, 0.25) is 23.6 Å². The van der Waals surface area contributed by atoms with Crippen molar-refractivity contribution in [3.05, 3.63) is 35.9 Å². The molecule has 0 radical (unpaired) electrons. The maximum absolute atomic E-state index is 14.1. The minimum atomic E-state index is -3.70. The van der Waals surface area contributed by atoms with Crippen LogP contribution >= 0.6 is 0 Å². The van der Waals surface area contributed by atoms with Crippen LogP contribution in [-0.4, -0.2) is 118 Å². The van der Waals surface area contributed by atoms with Gasteiger partial charge in [-0.15, -0.1) is 0 Å². The number of hydrogen-bond acceptors (Lipinski definition) is 8. The van der Waals surface area contributed by atoms with E-state index in [-0.39, 0.29) is 54.2 Å². The zero-order chi connectivity index (χ0) is 37.8. The molecule has 12 nitrogen and oxygen atoms in total. The maximum atomic E-state index is 14.1. The van der Waals surface area contributed by atoms with E-state index >= 15 is 0 Å². The molecule has 0 spiro atoms. The fraction of sp³-hybridized carbons (Fsp3) is 0.730. The molecule has 1 aliphatic heterocycles. The molecule has 1 aromatic rings. The summed E-state index contributed by atoms with van der Waals surface area (Å²) in [7, 11) is 1.21. The Morgan fingerprint density at radius 3 is 2.14 bits per heavy atom. The molecule has 1 aliphatic rings. The number of ether oxygens (including phenoxy) is 1. The molecule has 1 heterocycles. The van der Waals surface area contributed by atoms with Gasteiger partial charge in [-0.25, -0.2) is 8.42 Å². The van der Waals surface area contributed by atoms with E-state index in [0.717, 1.165) is 11.8 Å². The van der Waals surface area contributed by atoms with Crippen LogP contribution in [0, 0.1) is 17.8 Å². The molecular weight excluding hydrogens is 659 g/mol. The average molecular weight is 722 g/mol. The number of carbonyl (C=O) groups is 4. The van der Waals surface area contributed by atoms with Crippen LogP contribution in [0.4, 0.5) is 0 Å². The third-order valence-electron chi connectivity index (χ3n) is 10.1. The number of likely N-dealkylation sites (tertiary alicyclic amines) is 1. The Hall–Kier alpha value is -3.03. The number of benzene rings is 1. The molecule has 0 aliphatic carbocycles. The second-order valence-corrected chi connectivity index (χ2v) is 16.8. The number of carbonyl (C=O) groups excluding carboxylic acids is 4. The quantitative estimate of drug-likeness (QED) is 0.186. The highest BCUT2D eigenvalue weighted by atomic mass is 32.2. The zero-order valence-electron chi connectivity index (χ0n) is 31.9. The van der Waals surface area contributed by atoms with Crippen molar-refractivity contribution in [1.29, 1.82) is 0 Å². The van der Waals surface area contributed by atoms with Crippen LogP contribution in [-0.2, 0) is 40.2 Å². The van der Waals surface area contributed by atoms with Gasteiger partial charge in [0.05, 0.1) is 29.9 Å². The van der Waals surface area contributed by atoms with Crippen molar-refractivity contribution in [2.75, 3.05) is 40.6 Å². The molecule has 13 heteroatoms. The molecule has 0 bridgehead atoms. The predicted octanol–water partition coefficient (Wildman–Crippen LogP) is 2.80. The van der Waals surface area contributed by atoms with Crippen molar-refractivity contribution >= 4 is 33.5 Å². The maximum Gasteiger partial charge on any atom is 0.245 e. The van der Waals surface area contributed by atoms with Gasteiger partial charge in [-0.3, -0.25) is 19.2 Å².